The Morgan fingerprint density at radius 2 is 1.97 bits per heavy atom. The van der Waals surface area contributed by atoms with Crippen LogP contribution in [-0.2, 0) is 11.3 Å². The molecule has 1 amide bonds. The van der Waals surface area contributed by atoms with Gasteiger partial charge >= 0.3 is 0 Å². The van der Waals surface area contributed by atoms with Crippen molar-refractivity contribution in [1.82, 2.24) is 15.3 Å². The number of nitrogens with one attached hydrogen (secondary N) is 3. The third-order valence-corrected chi connectivity index (χ3v) is 6.58. The van der Waals surface area contributed by atoms with Crippen LogP contribution in [-0.4, -0.2) is 35.1 Å². The summed E-state index contributed by atoms with van der Waals surface area (Å²) in [6.07, 6.45) is 2.09. The largest absolute Gasteiger partial charge is 0.377 e. The Bertz CT molecular complexity index is 1330. The molecule has 1 atom stereocenters. The lowest BCUT2D eigenvalue weighted by Crippen LogP contribution is -2.32. The monoisotopic (exact) mass is 460 g/mol. The van der Waals surface area contributed by atoms with E-state index in [-0.39, 0.29) is 17.6 Å². The highest BCUT2D eigenvalue weighted by atomic mass is 32.1. The predicted molar refractivity (Wildman–Crippen MR) is 131 cm³/mol. The molecule has 1 aliphatic heterocycles. The lowest BCUT2D eigenvalue weighted by molar-refractivity contribution is 0.0858. The molecule has 8 heteroatoms. The Morgan fingerprint density at radius 3 is 2.79 bits per heavy atom. The Balaban J connectivity index is 1.32. The van der Waals surface area contributed by atoms with E-state index in [9.17, 15) is 9.59 Å². The van der Waals surface area contributed by atoms with Crippen LogP contribution in [0.25, 0.3) is 21.3 Å². The van der Waals surface area contributed by atoms with Gasteiger partial charge in [0.25, 0.3) is 11.5 Å². The summed E-state index contributed by atoms with van der Waals surface area (Å²) < 4.78 is 5.58. The molecule has 1 saturated heterocycles. The minimum atomic E-state index is -0.167. The third-order valence-electron chi connectivity index (χ3n) is 5.71. The van der Waals surface area contributed by atoms with Crippen molar-refractivity contribution in [2.45, 2.75) is 25.5 Å². The number of benzene rings is 2. The molecule has 1 fully saturated rings. The van der Waals surface area contributed by atoms with Crippen LogP contribution in [0.15, 0.2) is 64.8 Å². The number of amides is 1. The number of carbonyl (C=O) groups excluding carboxylic acids is 1. The molecular formula is C25H24N4O3S. The van der Waals surface area contributed by atoms with E-state index in [1.807, 2.05) is 53.9 Å². The average Bonchev–Trinajstić information content (AvgIpc) is 3.52. The normalized spacial score (nSPS) is 15.6. The predicted octanol–water partition coefficient (Wildman–Crippen LogP) is 4.17. The Kier molecular flexibility index (Phi) is 6.19. The van der Waals surface area contributed by atoms with Crippen LogP contribution in [0.4, 0.5) is 5.69 Å². The van der Waals surface area contributed by atoms with Gasteiger partial charge in [0.2, 0.25) is 0 Å². The van der Waals surface area contributed by atoms with Crippen molar-refractivity contribution in [2.75, 3.05) is 18.5 Å². The van der Waals surface area contributed by atoms with Crippen molar-refractivity contribution in [3.63, 3.8) is 0 Å². The van der Waals surface area contributed by atoms with E-state index in [2.05, 4.69) is 20.6 Å². The number of H-pyrrole nitrogens is 1. The molecule has 0 aliphatic carbocycles. The lowest BCUT2D eigenvalue weighted by Gasteiger charge is -2.14. The number of hydrogen-bond acceptors (Lipinski definition) is 6. The minimum absolute atomic E-state index is 0.0849. The fraction of sp³-hybridized carbons (Fsp3) is 0.240. The van der Waals surface area contributed by atoms with E-state index in [0.29, 0.717) is 40.4 Å². The Morgan fingerprint density at radius 1 is 1.15 bits per heavy atom. The molecule has 0 radical (unpaired) electrons. The van der Waals surface area contributed by atoms with Gasteiger partial charge in [0.1, 0.15) is 10.7 Å². The summed E-state index contributed by atoms with van der Waals surface area (Å²) in [5, 5.41) is 8.77. The number of carbonyl (C=O) groups is 1. The van der Waals surface area contributed by atoms with Crippen molar-refractivity contribution in [3.05, 3.63) is 81.7 Å². The van der Waals surface area contributed by atoms with E-state index in [0.717, 1.165) is 30.6 Å². The van der Waals surface area contributed by atoms with E-state index < -0.39 is 0 Å². The highest BCUT2D eigenvalue weighted by molar-refractivity contribution is 7.17. The first-order valence-corrected chi connectivity index (χ1v) is 11.9. The summed E-state index contributed by atoms with van der Waals surface area (Å²) in [5.41, 5.74) is 2.93. The van der Waals surface area contributed by atoms with Crippen LogP contribution in [0.5, 0.6) is 0 Å². The first-order chi connectivity index (χ1) is 16.2. The van der Waals surface area contributed by atoms with Crippen molar-refractivity contribution in [1.29, 1.82) is 0 Å². The number of thiophene rings is 1. The number of hydrogen-bond donors (Lipinski definition) is 3. The Labute approximate surface area is 194 Å². The maximum absolute atomic E-state index is 12.9. The number of fused-ring (bicyclic) bond motifs is 1. The molecule has 0 saturated carbocycles. The first-order valence-electron chi connectivity index (χ1n) is 11.0. The second-order valence-electron chi connectivity index (χ2n) is 7.95. The van der Waals surface area contributed by atoms with Gasteiger partial charge in [-0.05, 0) is 30.5 Å². The molecule has 0 bridgehead atoms. The van der Waals surface area contributed by atoms with Gasteiger partial charge in [-0.25, -0.2) is 4.98 Å². The molecule has 168 valence electrons. The lowest BCUT2D eigenvalue weighted by atomic mass is 10.1. The summed E-state index contributed by atoms with van der Waals surface area (Å²) in [6.45, 7) is 1.55. The fourth-order valence-electron chi connectivity index (χ4n) is 4.03. The number of para-hydroxylation sites is 1. The van der Waals surface area contributed by atoms with Gasteiger partial charge in [0.05, 0.1) is 23.6 Å². The van der Waals surface area contributed by atoms with Gasteiger partial charge < -0.3 is 20.4 Å². The van der Waals surface area contributed by atoms with Crippen molar-refractivity contribution in [3.8, 4) is 11.1 Å². The third kappa shape index (κ3) is 4.67. The van der Waals surface area contributed by atoms with Crippen molar-refractivity contribution >= 4 is 33.1 Å². The van der Waals surface area contributed by atoms with E-state index in [1.165, 1.54) is 11.3 Å². The smallest absolute Gasteiger partial charge is 0.260 e. The van der Waals surface area contributed by atoms with Crippen LogP contribution >= 0.6 is 11.3 Å². The number of anilines is 1. The van der Waals surface area contributed by atoms with Gasteiger partial charge in [-0.1, -0.05) is 42.5 Å². The molecule has 0 spiro atoms. The summed E-state index contributed by atoms with van der Waals surface area (Å²) in [6, 6.07) is 17.1. The molecule has 2 aromatic carbocycles. The molecule has 7 nitrogen and oxygen atoms in total. The molecule has 0 unspecified atom stereocenters. The molecule has 3 N–H and O–H groups in total. The van der Waals surface area contributed by atoms with Gasteiger partial charge in [-0.15, -0.1) is 11.3 Å². The van der Waals surface area contributed by atoms with E-state index in [4.69, 9.17) is 4.74 Å². The number of aromatic amines is 1. The topological polar surface area (TPSA) is 96.1 Å². The van der Waals surface area contributed by atoms with Gasteiger partial charge in [0.15, 0.2) is 0 Å². The van der Waals surface area contributed by atoms with Crippen LogP contribution < -0.4 is 16.2 Å². The van der Waals surface area contributed by atoms with Crippen LogP contribution in [0.3, 0.4) is 0 Å². The Hall–Kier alpha value is -3.49. The van der Waals surface area contributed by atoms with E-state index in [1.54, 1.807) is 6.07 Å². The summed E-state index contributed by atoms with van der Waals surface area (Å²) in [4.78, 5) is 33.8. The molecule has 5 rings (SSSR count). The number of ether oxygens (including phenoxy) is 1. The maximum Gasteiger partial charge on any atom is 0.260 e. The number of rotatable bonds is 7. The maximum atomic E-state index is 12.9. The van der Waals surface area contributed by atoms with Crippen molar-refractivity contribution in [2.24, 2.45) is 0 Å². The zero-order valence-corrected chi connectivity index (χ0v) is 18.8. The summed E-state index contributed by atoms with van der Waals surface area (Å²) in [7, 11) is 0. The number of aromatic nitrogens is 2. The average molecular weight is 461 g/mol. The number of nitrogens with zero attached hydrogens (tertiary/aromatic N) is 1. The quantitative estimate of drug-likeness (QED) is 0.385. The van der Waals surface area contributed by atoms with Crippen LogP contribution in [0.1, 0.15) is 29.0 Å². The molecule has 3 heterocycles. The van der Waals surface area contributed by atoms with Gasteiger partial charge in [0, 0.05) is 29.8 Å². The SMILES string of the molecule is O=C(NC[C@H]1CCCO1)c1ccccc1NCc1nc2scc(-c3ccccc3)c2c(=O)[nH]1. The standard InChI is InChI=1S/C25H24N4O3S/c30-23(27-13-17-9-6-12-32-17)18-10-4-5-11-20(18)26-14-21-28-24(31)22-19(15-33-25(22)29-21)16-7-2-1-3-8-16/h1-5,7-8,10-11,15,17,26H,6,9,12-14H2,(H,27,30)(H,28,29,31)/t17-/m1/s1. The zero-order chi connectivity index (χ0) is 22.6. The fourth-order valence-corrected chi connectivity index (χ4v) is 5.00. The molecule has 2 aromatic heterocycles. The van der Waals surface area contributed by atoms with Gasteiger partial charge in [-0.3, -0.25) is 9.59 Å². The molecule has 1 aliphatic rings. The second kappa shape index (κ2) is 9.56. The van der Waals surface area contributed by atoms with E-state index >= 15 is 0 Å². The molecule has 33 heavy (non-hydrogen) atoms. The summed E-state index contributed by atoms with van der Waals surface area (Å²) >= 11 is 1.45. The first kappa shape index (κ1) is 21.4. The van der Waals surface area contributed by atoms with Gasteiger partial charge in [-0.2, -0.15) is 0 Å². The summed E-state index contributed by atoms with van der Waals surface area (Å²) in [5.74, 6) is 0.361. The zero-order valence-electron chi connectivity index (χ0n) is 18.0. The van der Waals surface area contributed by atoms with Crippen LogP contribution in [0, 0.1) is 0 Å². The molecule has 4 aromatic rings. The van der Waals surface area contributed by atoms with Crippen LogP contribution in [0.2, 0.25) is 0 Å². The highest BCUT2D eigenvalue weighted by Gasteiger charge is 2.18. The minimum Gasteiger partial charge on any atom is -0.377 e. The molecular weight excluding hydrogens is 436 g/mol. The van der Waals surface area contributed by atoms with Crippen molar-refractivity contribution < 1.29 is 9.53 Å². The second-order valence-corrected chi connectivity index (χ2v) is 8.81. The highest BCUT2D eigenvalue weighted by Crippen LogP contribution is 2.30.